The molecule has 12 N–H and O–H groups in total. The maximum absolute atomic E-state index is 13.4. The summed E-state index contributed by atoms with van der Waals surface area (Å²) in [7, 11) is 0. The lowest BCUT2D eigenvalue weighted by Gasteiger charge is -2.64. The molecule has 282 valence electrons. The van der Waals surface area contributed by atoms with Gasteiger partial charge in [-0.15, -0.1) is 0 Å². The van der Waals surface area contributed by atoms with Crippen molar-refractivity contribution in [3.63, 3.8) is 0 Å². The van der Waals surface area contributed by atoms with Gasteiger partial charge in [0.25, 0.3) is 0 Å². The SMILES string of the molecule is C[C@H](CO)C1CCC2C3C(CC[C@@]21C)[C@@]1(C)CC[C@@H](C(N)(CC(N)(CCCCN)OC(N)=O)OC(N)=O)C[C@@H]1C[C@H]3NC(=O)OC(C)(C)C. The van der Waals surface area contributed by atoms with Crippen molar-refractivity contribution < 1.29 is 33.7 Å². The van der Waals surface area contributed by atoms with Crippen LogP contribution in [0.4, 0.5) is 14.4 Å². The van der Waals surface area contributed by atoms with E-state index in [-0.39, 0.29) is 60.0 Å². The fourth-order valence-electron chi connectivity index (χ4n) is 11.3. The van der Waals surface area contributed by atoms with Crippen LogP contribution in [0.2, 0.25) is 0 Å². The fraction of sp³-hybridized carbons (Fsp3) is 0.917. The third-order valence-corrected chi connectivity index (χ3v) is 13.4. The summed E-state index contributed by atoms with van der Waals surface area (Å²) in [6, 6.07) is -0.128. The smallest absolute Gasteiger partial charge is 0.407 e. The Morgan fingerprint density at radius 1 is 0.898 bits per heavy atom. The predicted octanol–water partition coefficient (Wildman–Crippen LogP) is 4.41. The quantitative estimate of drug-likeness (QED) is 0.0862. The molecule has 6 unspecified atom stereocenters. The lowest BCUT2D eigenvalue weighted by atomic mass is 9.42. The molecule has 4 aliphatic rings. The highest BCUT2D eigenvalue weighted by molar-refractivity contribution is 5.68. The van der Waals surface area contributed by atoms with Crippen molar-refractivity contribution in [1.82, 2.24) is 5.32 Å². The molecule has 0 spiro atoms. The number of nitrogens with one attached hydrogen (secondary N) is 1. The number of primary amides is 2. The van der Waals surface area contributed by atoms with Crippen molar-refractivity contribution in [3.8, 4) is 0 Å². The Morgan fingerprint density at radius 3 is 2.12 bits per heavy atom. The first-order valence-electron chi connectivity index (χ1n) is 18.6. The van der Waals surface area contributed by atoms with Crippen molar-refractivity contribution in [3.05, 3.63) is 0 Å². The Labute approximate surface area is 292 Å². The standard InChI is InChI=1S/C36H66N6O7/c1-21(19-43)24-9-10-25-28-26(12-15-34(24,25)6)33(5)14-11-22(17-23(33)18-27(28)42-31(46)49-32(2,3)4)36(41,48-30(39)45)20-35(40,47-29(38)44)13-7-8-16-37/h21-28,43H,7-20,37,40-41H2,1-6H3,(H2,38,44)(H2,39,45)(H,42,46)/t21-,22-,23-,24?,25?,26?,27-,28?,33+,34-,35?,36?/m1/s1. The number of nitrogens with two attached hydrogens (primary N) is 5. The van der Waals surface area contributed by atoms with Gasteiger partial charge in [0.2, 0.25) is 0 Å². The van der Waals surface area contributed by atoms with E-state index in [0.717, 1.165) is 38.5 Å². The Bertz CT molecular complexity index is 1200. The Kier molecular flexibility index (Phi) is 11.8. The topological polar surface area (TPSA) is 241 Å². The molecule has 0 bridgehead atoms. The maximum atomic E-state index is 13.4. The molecule has 13 heteroatoms. The molecule has 0 aliphatic heterocycles. The molecule has 3 amide bonds. The highest BCUT2D eigenvalue weighted by Gasteiger charge is 2.64. The number of alkyl carbamates (subject to hydrolysis) is 1. The molecule has 0 aromatic rings. The number of aliphatic hydroxyl groups excluding tert-OH is 1. The summed E-state index contributed by atoms with van der Waals surface area (Å²) in [6.45, 7) is 13.2. The molecule has 4 saturated carbocycles. The number of aliphatic hydroxyl groups is 1. The normalized spacial score (nSPS) is 37.2. The number of ether oxygens (including phenoxy) is 3. The molecule has 0 aromatic heterocycles. The zero-order chi connectivity index (χ0) is 36.6. The first-order chi connectivity index (χ1) is 22.7. The number of amides is 3. The molecule has 0 aromatic carbocycles. The minimum absolute atomic E-state index is 0.0480. The molecule has 13 nitrogen and oxygen atoms in total. The van der Waals surface area contributed by atoms with Crippen LogP contribution in [-0.2, 0) is 14.2 Å². The summed E-state index contributed by atoms with van der Waals surface area (Å²) in [5.74, 6) is 1.45. The largest absolute Gasteiger partial charge is 0.444 e. The zero-order valence-electron chi connectivity index (χ0n) is 30.8. The molecule has 4 rings (SSSR count). The third-order valence-electron chi connectivity index (χ3n) is 13.4. The molecule has 12 atom stereocenters. The van der Waals surface area contributed by atoms with Crippen LogP contribution in [0.3, 0.4) is 0 Å². The van der Waals surface area contributed by atoms with E-state index in [0.29, 0.717) is 50.0 Å². The van der Waals surface area contributed by atoms with E-state index in [1.54, 1.807) is 0 Å². The molecule has 49 heavy (non-hydrogen) atoms. The van der Waals surface area contributed by atoms with Gasteiger partial charge in [-0.3, -0.25) is 11.5 Å². The minimum Gasteiger partial charge on any atom is -0.444 e. The van der Waals surface area contributed by atoms with Gasteiger partial charge >= 0.3 is 18.3 Å². The monoisotopic (exact) mass is 694 g/mol. The summed E-state index contributed by atoms with van der Waals surface area (Å²) >= 11 is 0. The third kappa shape index (κ3) is 8.42. The van der Waals surface area contributed by atoms with Crippen LogP contribution in [0, 0.1) is 52.3 Å². The minimum atomic E-state index is -1.63. The van der Waals surface area contributed by atoms with Gasteiger partial charge in [0.1, 0.15) is 5.60 Å². The Morgan fingerprint density at radius 2 is 1.53 bits per heavy atom. The van der Waals surface area contributed by atoms with Gasteiger partial charge in [0.05, 0.1) is 6.42 Å². The highest BCUT2D eigenvalue weighted by atomic mass is 16.6. The number of carbonyl (C=O) groups is 3. The van der Waals surface area contributed by atoms with Crippen LogP contribution in [0.15, 0.2) is 0 Å². The lowest BCUT2D eigenvalue weighted by molar-refractivity contribution is -0.161. The van der Waals surface area contributed by atoms with Crippen molar-refractivity contribution >= 4 is 18.3 Å². The summed E-state index contributed by atoms with van der Waals surface area (Å²) < 4.78 is 16.9. The number of hydrogen-bond acceptors (Lipinski definition) is 10. The summed E-state index contributed by atoms with van der Waals surface area (Å²) in [4.78, 5) is 37.7. The average molecular weight is 695 g/mol. The number of fused-ring (bicyclic) bond motifs is 5. The van der Waals surface area contributed by atoms with Crippen LogP contribution in [0.5, 0.6) is 0 Å². The van der Waals surface area contributed by atoms with Crippen molar-refractivity contribution in [1.29, 1.82) is 0 Å². The van der Waals surface area contributed by atoms with Crippen molar-refractivity contribution in [2.45, 2.75) is 142 Å². The zero-order valence-corrected chi connectivity index (χ0v) is 30.8. The summed E-state index contributed by atoms with van der Waals surface area (Å²) in [6.07, 6.45) is 5.82. The molecular formula is C36H66N6O7. The second-order valence-corrected chi connectivity index (χ2v) is 17.6. The van der Waals surface area contributed by atoms with Crippen LogP contribution in [0.1, 0.15) is 119 Å². The molecule has 4 aliphatic carbocycles. The lowest BCUT2D eigenvalue weighted by Crippen LogP contribution is -2.65. The molecule has 0 radical (unpaired) electrons. The van der Waals surface area contributed by atoms with E-state index in [1.165, 1.54) is 0 Å². The first kappa shape index (κ1) is 39.4. The molecule has 0 heterocycles. The van der Waals surface area contributed by atoms with Gasteiger partial charge in [-0.25, -0.2) is 14.4 Å². The number of unbranched alkanes of at least 4 members (excludes halogenated alkanes) is 1. The number of carbonyl (C=O) groups excluding carboxylic acids is 3. The average Bonchev–Trinajstić information content (AvgIpc) is 3.32. The second kappa shape index (κ2) is 14.7. The van der Waals surface area contributed by atoms with Crippen LogP contribution in [-0.4, -0.2) is 59.6 Å². The van der Waals surface area contributed by atoms with E-state index in [4.69, 9.17) is 42.9 Å². The van der Waals surface area contributed by atoms with Crippen molar-refractivity contribution in [2.75, 3.05) is 13.2 Å². The van der Waals surface area contributed by atoms with E-state index >= 15 is 0 Å². The van der Waals surface area contributed by atoms with E-state index in [1.807, 2.05) is 20.8 Å². The maximum Gasteiger partial charge on any atom is 0.407 e. The van der Waals surface area contributed by atoms with E-state index < -0.39 is 35.3 Å². The number of rotatable bonds is 12. The summed E-state index contributed by atoms with van der Waals surface area (Å²) in [5.41, 5.74) is 26.5. The fourth-order valence-corrected chi connectivity index (χ4v) is 11.3. The Hall–Kier alpha value is -2.35. The predicted molar refractivity (Wildman–Crippen MR) is 186 cm³/mol. The molecule has 4 fully saturated rings. The molecule has 0 saturated heterocycles. The van der Waals surface area contributed by atoms with Gasteiger partial charge in [-0.05, 0) is 138 Å². The van der Waals surface area contributed by atoms with Gasteiger partial charge < -0.3 is 41.8 Å². The number of hydrogen-bond donors (Lipinski definition) is 7. The van der Waals surface area contributed by atoms with Gasteiger partial charge in [-0.1, -0.05) is 20.8 Å². The Balaban J connectivity index is 1.67. The van der Waals surface area contributed by atoms with Crippen LogP contribution in [0.25, 0.3) is 0 Å². The van der Waals surface area contributed by atoms with Gasteiger partial charge in [0.15, 0.2) is 11.4 Å². The molecular weight excluding hydrogens is 628 g/mol. The van der Waals surface area contributed by atoms with E-state index in [2.05, 4.69) is 26.1 Å². The van der Waals surface area contributed by atoms with Crippen LogP contribution >= 0.6 is 0 Å². The second-order valence-electron chi connectivity index (χ2n) is 17.6. The van der Waals surface area contributed by atoms with E-state index in [9.17, 15) is 19.5 Å². The van der Waals surface area contributed by atoms with Gasteiger partial charge in [-0.2, -0.15) is 0 Å². The highest BCUT2D eigenvalue weighted by Crippen LogP contribution is 2.69. The first-order valence-corrected chi connectivity index (χ1v) is 18.6. The summed E-state index contributed by atoms with van der Waals surface area (Å²) in [5, 5.41) is 13.5. The van der Waals surface area contributed by atoms with Crippen LogP contribution < -0.4 is 34.0 Å². The van der Waals surface area contributed by atoms with Crippen molar-refractivity contribution in [2.24, 2.45) is 80.9 Å². The van der Waals surface area contributed by atoms with Gasteiger partial charge in [0, 0.05) is 25.0 Å².